The molecule has 0 aliphatic carbocycles. The van der Waals surface area contributed by atoms with Crippen molar-refractivity contribution in [3.63, 3.8) is 0 Å². The summed E-state index contributed by atoms with van der Waals surface area (Å²) in [7, 11) is 0. The Labute approximate surface area is 129 Å². The van der Waals surface area contributed by atoms with Crippen molar-refractivity contribution in [2.45, 2.75) is 19.4 Å². The summed E-state index contributed by atoms with van der Waals surface area (Å²) in [5.41, 5.74) is 0.689. The van der Waals surface area contributed by atoms with E-state index in [2.05, 4.69) is 11.4 Å². The van der Waals surface area contributed by atoms with Gasteiger partial charge in [-0.05, 0) is 37.0 Å². The van der Waals surface area contributed by atoms with Gasteiger partial charge in [0.1, 0.15) is 5.82 Å². The predicted molar refractivity (Wildman–Crippen MR) is 85.0 cm³/mol. The Balaban J connectivity index is 1.54. The Kier molecular flexibility index (Phi) is 5.01. The Hall–Kier alpha value is -1.23. The number of benzene rings is 1. The monoisotopic (exact) mass is 305 g/mol. The maximum Gasteiger partial charge on any atom is 0.131 e. The highest BCUT2D eigenvalue weighted by Gasteiger charge is 2.13. The topological polar surface area (TPSA) is 21.3 Å². The molecule has 1 saturated heterocycles. The number of nitrogens with one attached hydrogen (secondary N) is 1. The fourth-order valence-electron chi connectivity index (χ4n) is 2.65. The van der Waals surface area contributed by atoms with Crippen LogP contribution < -0.4 is 5.32 Å². The normalized spacial score (nSPS) is 18.8. The van der Waals surface area contributed by atoms with Gasteiger partial charge in [0.05, 0.1) is 6.61 Å². The second kappa shape index (κ2) is 7.16. The lowest BCUT2D eigenvalue weighted by Crippen LogP contribution is -2.28. The summed E-state index contributed by atoms with van der Waals surface area (Å²) in [6.45, 7) is 3.62. The van der Waals surface area contributed by atoms with Gasteiger partial charge < -0.3 is 10.1 Å². The van der Waals surface area contributed by atoms with E-state index >= 15 is 0 Å². The van der Waals surface area contributed by atoms with Gasteiger partial charge in [-0.1, -0.05) is 18.2 Å². The third kappa shape index (κ3) is 3.90. The van der Waals surface area contributed by atoms with Crippen LogP contribution in [0.4, 0.5) is 4.39 Å². The number of rotatable bonds is 5. The van der Waals surface area contributed by atoms with Crippen molar-refractivity contribution < 1.29 is 9.13 Å². The van der Waals surface area contributed by atoms with Crippen LogP contribution in [0.1, 0.15) is 17.7 Å². The third-order valence-corrected chi connectivity index (χ3v) is 4.91. The SMILES string of the molecule is Fc1ccccc1-c1ccc(CNCC2CCCOC2)s1. The van der Waals surface area contributed by atoms with Crippen LogP contribution in [0.2, 0.25) is 0 Å². The Morgan fingerprint density at radius 1 is 1.24 bits per heavy atom. The third-order valence-electron chi connectivity index (χ3n) is 3.79. The van der Waals surface area contributed by atoms with E-state index in [-0.39, 0.29) is 5.82 Å². The molecule has 2 heterocycles. The molecule has 0 amide bonds. The zero-order valence-corrected chi connectivity index (χ0v) is 12.8. The standard InChI is InChI=1S/C17H20FNOS/c18-16-6-2-1-5-15(16)17-8-7-14(21-17)11-19-10-13-4-3-9-20-12-13/h1-2,5-8,13,19H,3-4,9-12H2. The van der Waals surface area contributed by atoms with E-state index in [4.69, 9.17) is 4.74 Å². The summed E-state index contributed by atoms with van der Waals surface area (Å²) in [6, 6.07) is 11.0. The van der Waals surface area contributed by atoms with Crippen LogP contribution in [-0.4, -0.2) is 19.8 Å². The summed E-state index contributed by atoms with van der Waals surface area (Å²) in [5.74, 6) is 0.475. The minimum atomic E-state index is -0.154. The molecule has 112 valence electrons. The van der Waals surface area contributed by atoms with Crippen LogP contribution in [0.15, 0.2) is 36.4 Å². The highest BCUT2D eigenvalue weighted by atomic mass is 32.1. The second-order valence-corrected chi connectivity index (χ2v) is 6.63. The summed E-state index contributed by atoms with van der Waals surface area (Å²) < 4.78 is 19.2. The van der Waals surface area contributed by atoms with Crippen molar-refractivity contribution in [1.29, 1.82) is 0 Å². The van der Waals surface area contributed by atoms with Crippen molar-refractivity contribution in [3.8, 4) is 10.4 Å². The summed E-state index contributed by atoms with van der Waals surface area (Å²) in [5, 5.41) is 3.49. The minimum Gasteiger partial charge on any atom is -0.381 e. The van der Waals surface area contributed by atoms with Gasteiger partial charge in [-0.15, -0.1) is 11.3 Å². The molecule has 21 heavy (non-hydrogen) atoms. The number of ether oxygens (including phenoxy) is 1. The molecule has 1 unspecified atom stereocenters. The number of hydrogen-bond donors (Lipinski definition) is 1. The summed E-state index contributed by atoms with van der Waals surface area (Å²) in [4.78, 5) is 2.23. The fraction of sp³-hybridized carbons (Fsp3) is 0.412. The Morgan fingerprint density at radius 3 is 2.95 bits per heavy atom. The first-order valence-corrected chi connectivity index (χ1v) is 8.26. The first-order chi connectivity index (χ1) is 10.3. The Bertz CT molecular complexity index is 578. The van der Waals surface area contributed by atoms with Crippen LogP contribution in [-0.2, 0) is 11.3 Å². The molecule has 4 heteroatoms. The predicted octanol–water partition coefficient (Wildman–Crippen LogP) is 4.07. The average Bonchev–Trinajstić information content (AvgIpc) is 2.97. The van der Waals surface area contributed by atoms with Crippen molar-refractivity contribution in [3.05, 3.63) is 47.1 Å². The van der Waals surface area contributed by atoms with E-state index in [0.717, 1.165) is 31.2 Å². The zero-order valence-electron chi connectivity index (χ0n) is 12.0. The van der Waals surface area contributed by atoms with Gasteiger partial charge in [-0.3, -0.25) is 0 Å². The maximum atomic E-state index is 13.8. The lowest BCUT2D eigenvalue weighted by molar-refractivity contribution is 0.0548. The van der Waals surface area contributed by atoms with Gasteiger partial charge >= 0.3 is 0 Å². The summed E-state index contributed by atoms with van der Waals surface area (Å²) in [6.07, 6.45) is 2.42. The first kappa shape index (κ1) is 14.7. The fourth-order valence-corrected chi connectivity index (χ4v) is 3.65. The quantitative estimate of drug-likeness (QED) is 0.899. The van der Waals surface area contributed by atoms with Crippen LogP contribution in [0.25, 0.3) is 10.4 Å². The van der Waals surface area contributed by atoms with E-state index in [0.29, 0.717) is 11.5 Å². The van der Waals surface area contributed by atoms with Crippen LogP contribution >= 0.6 is 11.3 Å². The largest absolute Gasteiger partial charge is 0.381 e. The van der Waals surface area contributed by atoms with E-state index in [1.165, 1.54) is 23.8 Å². The zero-order chi connectivity index (χ0) is 14.5. The molecule has 3 rings (SSSR count). The lowest BCUT2D eigenvalue weighted by atomic mass is 10.0. The first-order valence-electron chi connectivity index (χ1n) is 7.45. The highest BCUT2D eigenvalue weighted by Crippen LogP contribution is 2.29. The smallest absolute Gasteiger partial charge is 0.131 e. The van der Waals surface area contributed by atoms with Gasteiger partial charge in [-0.2, -0.15) is 0 Å². The molecular formula is C17H20FNOS. The van der Waals surface area contributed by atoms with Crippen molar-refractivity contribution in [1.82, 2.24) is 5.32 Å². The number of halogens is 1. The van der Waals surface area contributed by atoms with Gasteiger partial charge in [0.2, 0.25) is 0 Å². The molecule has 1 aliphatic heterocycles. The highest BCUT2D eigenvalue weighted by molar-refractivity contribution is 7.15. The molecule has 0 radical (unpaired) electrons. The van der Waals surface area contributed by atoms with E-state index in [1.807, 2.05) is 18.2 Å². The molecule has 1 aliphatic rings. The molecule has 2 aromatic rings. The molecular weight excluding hydrogens is 285 g/mol. The van der Waals surface area contributed by atoms with E-state index in [1.54, 1.807) is 17.4 Å². The average molecular weight is 305 g/mol. The molecule has 1 atom stereocenters. The number of thiophene rings is 1. The molecule has 1 N–H and O–H groups in total. The van der Waals surface area contributed by atoms with Crippen LogP contribution in [0.3, 0.4) is 0 Å². The maximum absolute atomic E-state index is 13.8. The number of hydrogen-bond acceptors (Lipinski definition) is 3. The summed E-state index contributed by atoms with van der Waals surface area (Å²) >= 11 is 1.65. The molecule has 1 fully saturated rings. The molecule has 1 aromatic carbocycles. The van der Waals surface area contributed by atoms with Crippen LogP contribution in [0.5, 0.6) is 0 Å². The lowest BCUT2D eigenvalue weighted by Gasteiger charge is -2.22. The molecule has 0 spiro atoms. The molecule has 1 aromatic heterocycles. The molecule has 2 nitrogen and oxygen atoms in total. The van der Waals surface area contributed by atoms with Gasteiger partial charge in [0.25, 0.3) is 0 Å². The molecule has 0 bridgehead atoms. The van der Waals surface area contributed by atoms with Crippen molar-refractivity contribution >= 4 is 11.3 Å². The van der Waals surface area contributed by atoms with Crippen molar-refractivity contribution in [2.75, 3.05) is 19.8 Å². The van der Waals surface area contributed by atoms with E-state index < -0.39 is 0 Å². The van der Waals surface area contributed by atoms with Gasteiger partial charge in [0, 0.05) is 35.0 Å². The Morgan fingerprint density at radius 2 is 2.14 bits per heavy atom. The van der Waals surface area contributed by atoms with Crippen LogP contribution in [0, 0.1) is 11.7 Å². The van der Waals surface area contributed by atoms with Crippen molar-refractivity contribution in [2.24, 2.45) is 5.92 Å². The van der Waals surface area contributed by atoms with Gasteiger partial charge in [0.15, 0.2) is 0 Å². The second-order valence-electron chi connectivity index (χ2n) is 5.46. The van der Waals surface area contributed by atoms with Gasteiger partial charge in [-0.25, -0.2) is 4.39 Å². The minimum absolute atomic E-state index is 0.154. The van der Waals surface area contributed by atoms with E-state index in [9.17, 15) is 4.39 Å². The molecule has 0 saturated carbocycles.